The first-order valence-electron chi connectivity index (χ1n) is 4.44. The normalized spacial score (nSPS) is 10.2. The fourth-order valence-electron chi connectivity index (χ4n) is 1.05. The minimum atomic E-state index is -1.45. The Morgan fingerprint density at radius 3 is 2.17 bits per heavy atom. The maximum absolute atomic E-state index is 5.91. The van der Waals surface area contributed by atoms with Gasteiger partial charge in [-0.3, -0.25) is 0 Å². The minimum absolute atomic E-state index is 1.07. The molecule has 1 rings (SSSR count). The molecule has 0 amide bonds. The van der Waals surface area contributed by atoms with Crippen LogP contribution in [0.4, 0.5) is 0 Å². The van der Waals surface area contributed by atoms with Crippen molar-refractivity contribution in [1.29, 1.82) is 0 Å². The van der Waals surface area contributed by atoms with Gasteiger partial charge in [0.25, 0.3) is 0 Å². The predicted molar refractivity (Wildman–Crippen MR) is 53.8 cm³/mol. The third-order valence-electron chi connectivity index (χ3n) is 1.79. The molecule has 2 heteroatoms. The number of benzene rings is 1. The standard InChI is InChI=1S/C6H6O.2C2H5.Sn/c7-6-4-2-1-3-5-6;2*1-2;/h1-5,7H;2*1H2,2H3;/q;;;+1/p-1. The molecular formula is C10H15OSn. The maximum atomic E-state index is 5.91. The van der Waals surface area contributed by atoms with E-state index in [4.69, 9.17) is 3.07 Å². The fourth-order valence-corrected chi connectivity index (χ4v) is 4.64. The van der Waals surface area contributed by atoms with Gasteiger partial charge in [0.05, 0.1) is 0 Å². The van der Waals surface area contributed by atoms with Crippen LogP contribution in [0.1, 0.15) is 13.8 Å². The Bertz CT molecular complexity index is 206. The Labute approximate surface area is 82.0 Å². The van der Waals surface area contributed by atoms with Crippen molar-refractivity contribution in [3.8, 4) is 5.75 Å². The van der Waals surface area contributed by atoms with Crippen LogP contribution in [0.5, 0.6) is 5.75 Å². The second-order valence-electron chi connectivity index (χ2n) is 2.66. The summed E-state index contributed by atoms with van der Waals surface area (Å²) in [4.78, 5) is 0. The molecule has 0 aliphatic heterocycles. The number of rotatable bonds is 4. The molecule has 0 saturated carbocycles. The van der Waals surface area contributed by atoms with Gasteiger partial charge in [0, 0.05) is 0 Å². The topological polar surface area (TPSA) is 9.23 Å². The monoisotopic (exact) mass is 271 g/mol. The average molecular weight is 270 g/mol. The molecule has 0 atom stereocenters. The molecule has 0 aliphatic rings. The molecule has 0 N–H and O–H groups in total. The third kappa shape index (κ3) is 3.05. The van der Waals surface area contributed by atoms with E-state index in [1.165, 1.54) is 8.87 Å². The summed E-state index contributed by atoms with van der Waals surface area (Å²) in [5, 5.41) is 0. The van der Waals surface area contributed by atoms with Gasteiger partial charge in [0.2, 0.25) is 0 Å². The predicted octanol–water partition coefficient (Wildman–Crippen LogP) is 3.10. The number of hydrogen-bond donors (Lipinski definition) is 0. The third-order valence-corrected chi connectivity index (χ3v) is 7.79. The van der Waals surface area contributed by atoms with Crippen LogP contribution in [0.15, 0.2) is 30.3 Å². The van der Waals surface area contributed by atoms with E-state index in [1.807, 2.05) is 30.3 Å². The van der Waals surface area contributed by atoms with Crippen LogP contribution in [-0.4, -0.2) is 20.2 Å². The van der Waals surface area contributed by atoms with E-state index in [0.717, 1.165) is 5.75 Å². The van der Waals surface area contributed by atoms with Gasteiger partial charge in [-0.05, 0) is 0 Å². The molecule has 1 aromatic carbocycles. The van der Waals surface area contributed by atoms with E-state index < -0.39 is 20.2 Å². The van der Waals surface area contributed by atoms with Crippen LogP contribution in [0.2, 0.25) is 8.87 Å². The van der Waals surface area contributed by atoms with Crippen molar-refractivity contribution >= 4 is 20.2 Å². The number of hydrogen-bond acceptors (Lipinski definition) is 1. The average Bonchev–Trinajstić information content (AvgIpc) is 2.16. The van der Waals surface area contributed by atoms with E-state index >= 15 is 0 Å². The molecule has 12 heavy (non-hydrogen) atoms. The Balaban J connectivity index is 2.51. The van der Waals surface area contributed by atoms with Gasteiger partial charge in [0.15, 0.2) is 0 Å². The summed E-state index contributed by atoms with van der Waals surface area (Å²) < 4.78 is 8.45. The zero-order valence-electron chi connectivity index (χ0n) is 7.71. The molecule has 0 heterocycles. The van der Waals surface area contributed by atoms with Crippen LogP contribution >= 0.6 is 0 Å². The first kappa shape index (κ1) is 9.90. The van der Waals surface area contributed by atoms with E-state index in [1.54, 1.807) is 0 Å². The van der Waals surface area contributed by atoms with E-state index in [0.29, 0.717) is 0 Å². The van der Waals surface area contributed by atoms with E-state index in [9.17, 15) is 0 Å². The molecule has 0 saturated heterocycles. The van der Waals surface area contributed by atoms with Crippen LogP contribution in [0.25, 0.3) is 0 Å². The zero-order chi connectivity index (χ0) is 8.81. The van der Waals surface area contributed by atoms with Crippen molar-refractivity contribution in [2.45, 2.75) is 22.7 Å². The van der Waals surface area contributed by atoms with Crippen molar-refractivity contribution in [3.05, 3.63) is 30.3 Å². The molecule has 0 bridgehead atoms. The summed E-state index contributed by atoms with van der Waals surface area (Å²) in [5.41, 5.74) is 0. The summed E-state index contributed by atoms with van der Waals surface area (Å²) >= 11 is -1.45. The van der Waals surface area contributed by atoms with E-state index in [-0.39, 0.29) is 0 Å². The molecule has 0 fully saturated rings. The molecular weight excluding hydrogens is 255 g/mol. The fraction of sp³-hybridized carbons (Fsp3) is 0.400. The van der Waals surface area contributed by atoms with Crippen LogP contribution < -0.4 is 3.07 Å². The van der Waals surface area contributed by atoms with Gasteiger partial charge in [-0.25, -0.2) is 0 Å². The van der Waals surface area contributed by atoms with Gasteiger partial charge in [-0.15, -0.1) is 0 Å². The first-order valence-corrected chi connectivity index (χ1v) is 9.64. The summed E-state index contributed by atoms with van der Waals surface area (Å²) in [6.07, 6.45) is 0. The molecule has 1 radical (unpaired) electrons. The Hall–Kier alpha value is -0.181. The molecule has 0 unspecified atom stereocenters. The van der Waals surface area contributed by atoms with Crippen molar-refractivity contribution in [2.75, 3.05) is 0 Å². The second-order valence-corrected chi connectivity index (χ2v) is 10.4. The summed E-state index contributed by atoms with van der Waals surface area (Å²) in [7, 11) is 0. The zero-order valence-corrected chi connectivity index (χ0v) is 10.6. The van der Waals surface area contributed by atoms with Crippen LogP contribution in [-0.2, 0) is 0 Å². The van der Waals surface area contributed by atoms with Crippen molar-refractivity contribution < 1.29 is 3.07 Å². The molecule has 65 valence electrons. The second kappa shape index (κ2) is 5.46. The SMILES string of the molecule is C[CH2][Sn]([CH2]C)[O]c1ccccc1. The summed E-state index contributed by atoms with van der Waals surface area (Å²) in [5.74, 6) is 1.07. The van der Waals surface area contributed by atoms with Gasteiger partial charge in [0.1, 0.15) is 0 Å². The summed E-state index contributed by atoms with van der Waals surface area (Å²) in [6.45, 7) is 4.47. The van der Waals surface area contributed by atoms with Crippen LogP contribution in [0, 0.1) is 0 Å². The van der Waals surface area contributed by atoms with Gasteiger partial charge >= 0.3 is 82.1 Å². The van der Waals surface area contributed by atoms with Gasteiger partial charge in [-0.2, -0.15) is 0 Å². The molecule has 0 aliphatic carbocycles. The van der Waals surface area contributed by atoms with E-state index in [2.05, 4.69) is 13.8 Å². The van der Waals surface area contributed by atoms with Crippen molar-refractivity contribution in [2.24, 2.45) is 0 Å². The first-order chi connectivity index (χ1) is 5.86. The Morgan fingerprint density at radius 2 is 1.67 bits per heavy atom. The van der Waals surface area contributed by atoms with Gasteiger partial charge in [-0.1, -0.05) is 0 Å². The van der Waals surface area contributed by atoms with Crippen LogP contribution in [0.3, 0.4) is 0 Å². The quantitative estimate of drug-likeness (QED) is 0.764. The van der Waals surface area contributed by atoms with Crippen molar-refractivity contribution in [1.82, 2.24) is 0 Å². The van der Waals surface area contributed by atoms with Gasteiger partial charge < -0.3 is 0 Å². The Kier molecular flexibility index (Phi) is 4.51. The van der Waals surface area contributed by atoms with Crippen molar-refractivity contribution in [3.63, 3.8) is 0 Å². The molecule has 1 nitrogen and oxygen atoms in total. The molecule has 0 aromatic heterocycles. The molecule has 1 aromatic rings. The molecule has 0 spiro atoms. The Morgan fingerprint density at radius 1 is 1.08 bits per heavy atom. The summed E-state index contributed by atoms with van der Waals surface area (Å²) in [6, 6.07) is 10.2. The number of para-hydroxylation sites is 1.